The molecule has 1 aliphatic rings. The van der Waals surface area contributed by atoms with Crippen LogP contribution in [0.4, 0.5) is 10.8 Å². The lowest BCUT2D eigenvalue weighted by molar-refractivity contribution is -0.113. The number of para-hydroxylation sites is 1. The number of anilines is 2. The normalized spacial score (nSPS) is 13.6. The molecule has 0 atom stereocenters. The van der Waals surface area contributed by atoms with Gasteiger partial charge in [0.25, 0.3) is 0 Å². The zero-order chi connectivity index (χ0) is 20.2. The summed E-state index contributed by atoms with van der Waals surface area (Å²) in [6.07, 6.45) is 3.83. The topological polar surface area (TPSA) is 97.3 Å². The van der Waals surface area contributed by atoms with Crippen LogP contribution in [0, 0.1) is 0 Å². The van der Waals surface area contributed by atoms with Crippen LogP contribution in [0.15, 0.2) is 35.6 Å². The number of nitrogens with zero attached hydrogens (tertiary/aromatic N) is 4. The van der Waals surface area contributed by atoms with Gasteiger partial charge in [-0.1, -0.05) is 35.2 Å². The number of benzene rings is 1. The fraction of sp³-hybridized carbons (Fsp3) is 0.316. The van der Waals surface area contributed by atoms with Gasteiger partial charge >= 0.3 is 5.97 Å². The Morgan fingerprint density at radius 1 is 1.24 bits per heavy atom. The summed E-state index contributed by atoms with van der Waals surface area (Å²) in [5.41, 5.74) is 1.40. The van der Waals surface area contributed by atoms with Crippen molar-refractivity contribution in [2.75, 3.05) is 36.2 Å². The Morgan fingerprint density at radius 2 is 2.03 bits per heavy atom. The van der Waals surface area contributed by atoms with Crippen molar-refractivity contribution in [3.63, 3.8) is 0 Å². The largest absolute Gasteiger partial charge is 0.465 e. The molecule has 0 aliphatic carbocycles. The fourth-order valence-electron chi connectivity index (χ4n) is 3.07. The average molecular weight is 430 g/mol. The molecule has 3 aromatic rings. The molecule has 8 nitrogen and oxygen atoms in total. The molecule has 3 heterocycles. The highest BCUT2D eigenvalue weighted by molar-refractivity contribution is 8.00. The number of aromatic nitrogens is 3. The molecule has 0 radical (unpaired) electrons. The van der Waals surface area contributed by atoms with Gasteiger partial charge in [-0.2, -0.15) is 4.98 Å². The molecule has 0 spiro atoms. The van der Waals surface area contributed by atoms with Gasteiger partial charge < -0.3 is 15.0 Å². The number of carbonyl (C=O) groups excluding carboxylic acids is 2. The summed E-state index contributed by atoms with van der Waals surface area (Å²) in [6, 6.07) is 6.75. The third-order valence-corrected chi connectivity index (χ3v) is 6.70. The average Bonchev–Trinajstić information content (AvgIpc) is 3.41. The Hall–Kier alpha value is -2.72. The monoisotopic (exact) mass is 429 g/mol. The first-order chi connectivity index (χ1) is 14.2. The van der Waals surface area contributed by atoms with Crippen LogP contribution in [0.5, 0.6) is 0 Å². The summed E-state index contributed by atoms with van der Waals surface area (Å²) >= 11 is 2.89. The summed E-state index contributed by atoms with van der Waals surface area (Å²) in [6.45, 7) is 2.02. The summed E-state index contributed by atoms with van der Waals surface area (Å²) in [7, 11) is 1.31. The maximum atomic E-state index is 12.5. The first kappa shape index (κ1) is 19.6. The van der Waals surface area contributed by atoms with Crippen LogP contribution < -0.4 is 10.2 Å². The molecule has 1 aliphatic heterocycles. The quantitative estimate of drug-likeness (QED) is 0.362. The standard InChI is InChI=1S/C19H19N5O3S2/c1-27-18(26)12-6-2-3-7-13(12)22-14(25)10-28-17-15-16(20-11-21-17)23-19(29-15)24-8-4-5-9-24/h2-3,6-7,11H,4-5,8-10H2,1H3,(H,22,25). The molecule has 1 aromatic carbocycles. The van der Waals surface area contributed by atoms with E-state index in [4.69, 9.17) is 4.74 Å². The van der Waals surface area contributed by atoms with Crippen molar-refractivity contribution in [1.82, 2.24) is 15.0 Å². The maximum absolute atomic E-state index is 12.5. The van der Waals surface area contributed by atoms with Crippen molar-refractivity contribution in [3.05, 3.63) is 36.2 Å². The lowest BCUT2D eigenvalue weighted by Gasteiger charge is -2.11. The number of rotatable bonds is 6. The van der Waals surface area contributed by atoms with Crippen LogP contribution >= 0.6 is 23.1 Å². The molecule has 1 amide bonds. The van der Waals surface area contributed by atoms with E-state index in [1.165, 1.54) is 38.0 Å². The van der Waals surface area contributed by atoms with E-state index in [0.29, 0.717) is 16.9 Å². The van der Waals surface area contributed by atoms with Crippen LogP contribution in [0.1, 0.15) is 23.2 Å². The van der Waals surface area contributed by atoms with Crippen molar-refractivity contribution in [2.24, 2.45) is 0 Å². The smallest absolute Gasteiger partial charge is 0.339 e. The lowest BCUT2D eigenvalue weighted by atomic mass is 10.2. The van der Waals surface area contributed by atoms with Crippen molar-refractivity contribution in [2.45, 2.75) is 17.9 Å². The highest BCUT2D eigenvalue weighted by atomic mass is 32.2. The molecule has 10 heteroatoms. The number of methoxy groups -OCH3 is 1. The zero-order valence-electron chi connectivity index (χ0n) is 15.8. The summed E-state index contributed by atoms with van der Waals surface area (Å²) < 4.78 is 5.65. The van der Waals surface area contributed by atoms with Gasteiger partial charge in [-0.05, 0) is 25.0 Å². The SMILES string of the molecule is COC(=O)c1ccccc1NC(=O)CSc1ncnc2nc(N3CCCC3)sc12. The van der Waals surface area contributed by atoms with Gasteiger partial charge in [0.1, 0.15) is 16.1 Å². The number of fused-ring (bicyclic) bond motifs is 1. The van der Waals surface area contributed by atoms with Gasteiger partial charge in [-0.25, -0.2) is 14.8 Å². The zero-order valence-corrected chi connectivity index (χ0v) is 17.4. The van der Waals surface area contributed by atoms with Crippen LogP contribution in [0.2, 0.25) is 0 Å². The van der Waals surface area contributed by atoms with Crippen molar-refractivity contribution >= 4 is 56.1 Å². The molecule has 1 fully saturated rings. The Kier molecular flexibility index (Phi) is 5.91. The Bertz CT molecular complexity index is 1050. The molecule has 0 bridgehead atoms. The van der Waals surface area contributed by atoms with Crippen LogP contribution in [0.25, 0.3) is 10.3 Å². The number of hydrogen-bond donors (Lipinski definition) is 1. The Balaban J connectivity index is 1.46. The second kappa shape index (κ2) is 8.75. The van der Waals surface area contributed by atoms with E-state index in [-0.39, 0.29) is 11.7 Å². The van der Waals surface area contributed by atoms with E-state index in [1.54, 1.807) is 35.6 Å². The second-order valence-electron chi connectivity index (χ2n) is 6.40. The summed E-state index contributed by atoms with van der Waals surface area (Å²) in [4.78, 5) is 39.8. The second-order valence-corrected chi connectivity index (χ2v) is 8.34. The molecular weight excluding hydrogens is 410 g/mol. The van der Waals surface area contributed by atoms with E-state index in [0.717, 1.165) is 27.9 Å². The summed E-state index contributed by atoms with van der Waals surface area (Å²) in [5, 5.41) is 4.46. The highest BCUT2D eigenvalue weighted by Gasteiger charge is 2.19. The van der Waals surface area contributed by atoms with Gasteiger partial charge in [0, 0.05) is 13.1 Å². The van der Waals surface area contributed by atoms with E-state index >= 15 is 0 Å². The molecule has 2 aromatic heterocycles. The molecule has 0 unspecified atom stereocenters. The first-order valence-corrected chi connectivity index (χ1v) is 10.9. The first-order valence-electron chi connectivity index (χ1n) is 9.12. The number of thiazole rings is 1. The molecule has 4 rings (SSSR count). The summed E-state index contributed by atoms with van der Waals surface area (Å²) in [5.74, 6) is -0.578. The predicted molar refractivity (Wildman–Crippen MR) is 114 cm³/mol. The number of esters is 1. The van der Waals surface area contributed by atoms with Gasteiger partial charge in [0.05, 0.1) is 24.1 Å². The minimum atomic E-state index is -0.495. The minimum absolute atomic E-state index is 0.151. The number of nitrogens with one attached hydrogen (secondary N) is 1. The number of ether oxygens (including phenoxy) is 1. The van der Waals surface area contributed by atoms with Crippen LogP contribution in [-0.4, -0.2) is 52.8 Å². The van der Waals surface area contributed by atoms with E-state index in [9.17, 15) is 9.59 Å². The molecular formula is C19H19N5O3S2. The third-order valence-electron chi connectivity index (χ3n) is 4.47. The molecule has 0 saturated carbocycles. The Labute approximate surface area is 175 Å². The lowest BCUT2D eigenvalue weighted by Crippen LogP contribution is -2.17. The number of carbonyl (C=O) groups is 2. The molecule has 150 valence electrons. The maximum Gasteiger partial charge on any atom is 0.339 e. The van der Waals surface area contributed by atoms with Gasteiger partial charge in [-0.15, -0.1) is 0 Å². The van der Waals surface area contributed by atoms with Gasteiger partial charge in [-0.3, -0.25) is 4.79 Å². The van der Waals surface area contributed by atoms with E-state index in [2.05, 4.69) is 25.2 Å². The number of amides is 1. The Morgan fingerprint density at radius 3 is 2.83 bits per heavy atom. The van der Waals surface area contributed by atoms with Crippen molar-refractivity contribution in [3.8, 4) is 0 Å². The third kappa shape index (κ3) is 4.33. The predicted octanol–water partition coefficient (Wildman–Crippen LogP) is 3.20. The van der Waals surface area contributed by atoms with Crippen molar-refractivity contribution in [1.29, 1.82) is 0 Å². The van der Waals surface area contributed by atoms with E-state index < -0.39 is 5.97 Å². The number of hydrogen-bond acceptors (Lipinski definition) is 9. The van der Waals surface area contributed by atoms with Gasteiger partial charge in [0.2, 0.25) is 5.91 Å². The highest BCUT2D eigenvalue weighted by Crippen LogP contribution is 2.34. The van der Waals surface area contributed by atoms with Crippen LogP contribution in [0.3, 0.4) is 0 Å². The van der Waals surface area contributed by atoms with Gasteiger partial charge in [0.15, 0.2) is 10.8 Å². The number of thioether (sulfide) groups is 1. The van der Waals surface area contributed by atoms with Crippen molar-refractivity contribution < 1.29 is 14.3 Å². The minimum Gasteiger partial charge on any atom is -0.465 e. The van der Waals surface area contributed by atoms with Crippen LogP contribution in [-0.2, 0) is 9.53 Å². The molecule has 29 heavy (non-hydrogen) atoms. The fourth-order valence-corrected chi connectivity index (χ4v) is 5.01. The molecule has 1 N–H and O–H groups in total. The molecule has 1 saturated heterocycles. The van der Waals surface area contributed by atoms with E-state index in [1.807, 2.05) is 0 Å².